The van der Waals surface area contributed by atoms with Gasteiger partial charge < -0.3 is 5.32 Å². The fourth-order valence-electron chi connectivity index (χ4n) is 3.76. The molecule has 1 fully saturated rings. The first-order chi connectivity index (χ1) is 13.9. The molecule has 0 saturated carbocycles. The molecule has 1 saturated heterocycles. The van der Waals surface area contributed by atoms with Gasteiger partial charge >= 0.3 is 0 Å². The number of anilines is 2. The van der Waals surface area contributed by atoms with E-state index in [0.717, 1.165) is 19.3 Å². The molecule has 1 N–H and O–H groups in total. The van der Waals surface area contributed by atoms with Crippen LogP contribution in [0, 0.1) is 0 Å². The summed E-state index contributed by atoms with van der Waals surface area (Å²) in [4.78, 5) is 26.4. The largest absolute Gasteiger partial charge is 0.323 e. The van der Waals surface area contributed by atoms with Crippen LogP contribution < -0.4 is 10.2 Å². The number of para-hydroxylation sites is 2. The van der Waals surface area contributed by atoms with Gasteiger partial charge in [-0.1, -0.05) is 30.7 Å². The Labute approximate surface area is 170 Å². The molecule has 0 bridgehead atoms. The van der Waals surface area contributed by atoms with Crippen LogP contribution in [0.1, 0.15) is 35.2 Å². The molecule has 0 spiro atoms. The Morgan fingerprint density at radius 3 is 2.38 bits per heavy atom. The van der Waals surface area contributed by atoms with Gasteiger partial charge in [0.25, 0.3) is 5.91 Å². The molecular weight excluding hydrogens is 390 g/mol. The summed E-state index contributed by atoms with van der Waals surface area (Å²) in [5, 5.41) is 2.76. The van der Waals surface area contributed by atoms with Crippen molar-refractivity contribution in [1.29, 1.82) is 0 Å². The average molecular weight is 413 g/mol. The highest BCUT2D eigenvalue weighted by Gasteiger charge is 2.28. The molecule has 0 unspecified atom stereocenters. The summed E-state index contributed by atoms with van der Waals surface area (Å²) < 4.78 is 26.8. The van der Waals surface area contributed by atoms with Gasteiger partial charge in [-0.3, -0.25) is 14.5 Å². The van der Waals surface area contributed by atoms with Gasteiger partial charge in [-0.05, 0) is 42.7 Å². The number of hydrogen-bond acceptors (Lipinski definition) is 4. The number of carbonyl (C=O) groups is 2. The Bertz CT molecular complexity index is 1030. The highest BCUT2D eigenvalue weighted by Crippen LogP contribution is 2.30. The van der Waals surface area contributed by atoms with Gasteiger partial charge in [0.2, 0.25) is 15.9 Å². The van der Waals surface area contributed by atoms with Gasteiger partial charge in [0.05, 0.1) is 17.1 Å². The van der Waals surface area contributed by atoms with E-state index in [1.807, 2.05) is 6.07 Å². The molecular formula is C21H23N3O4S. The molecule has 2 aliphatic heterocycles. The van der Waals surface area contributed by atoms with E-state index >= 15 is 0 Å². The van der Waals surface area contributed by atoms with Gasteiger partial charge in [0.15, 0.2) is 0 Å². The SMILES string of the molecule is O=C1CN(C(=O)c2ccc(CS(=O)(=O)N3CCCCC3)cc2)c2ccccc2N1. The first-order valence-electron chi connectivity index (χ1n) is 9.71. The zero-order chi connectivity index (χ0) is 20.4. The van der Waals surface area contributed by atoms with Crippen molar-refractivity contribution >= 4 is 33.2 Å². The van der Waals surface area contributed by atoms with E-state index in [4.69, 9.17) is 0 Å². The molecule has 8 heteroatoms. The van der Waals surface area contributed by atoms with Crippen molar-refractivity contribution < 1.29 is 18.0 Å². The van der Waals surface area contributed by atoms with E-state index in [2.05, 4.69) is 5.32 Å². The highest BCUT2D eigenvalue weighted by atomic mass is 32.2. The zero-order valence-corrected chi connectivity index (χ0v) is 16.8. The monoisotopic (exact) mass is 413 g/mol. The first kappa shape index (κ1) is 19.6. The Kier molecular flexibility index (Phi) is 5.38. The van der Waals surface area contributed by atoms with Crippen molar-refractivity contribution in [2.45, 2.75) is 25.0 Å². The minimum Gasteiger partial charge on any atom is -0.323 e. The molecule has 0 radical (unpaired) electrons. The van der Waals surface area contributed by atoms with Crippen LogP contribution in [-0.4, -0.2) is 44.2 Å². The smallest absolute Gasteiger partial charge is 0.258 e. The molecule has 2 aromatic carbocycles. The second-order valence-electron chi connectivity index (χ2n) is 7.37. The summed E-state index contributed by atoms with van der Waals surface area (Å²) in [7, 11) is -3.35. The van der Waals surface area contributed by atoms with Crippen molar-refractivity contribution in [3.8, 4) is 0 Å². The molecule has 2 amide bonds. The Balaban J connectivity index is 1.51. The summed E-state index contributed by atoms with van der Waals surface area (Å²) >= 11 is 0. The van der Waals surface area contributed by atoms with E-state index in [0.29, 0.717) is 35.6 Å². The number of amides is 2. The maximum Gasteiger partial charge on any atom is 0.258 e. The minimum absolute atomic E-state index is 0.0546. The molecule has 2 aliphatic rings. The highest BCUT2D eigenvalue weighted by molar-refractivity contribution is 7.88. The Morgan fingerprint density at radius 1 is 0.966 bits per heavy atom. The molecule has 2 heterocycles. The third-order valence-electron chi connectivity index (χ3n) is 5.27. The van der Waals surface area contributed by atoms with Gasteiger partial charge in [-0.2, -0.15) is 0 Å². The summed E-state index contributed by atoms with van der Waals surface area (Å²) in [5.74, 6) is -0.616. The van der Waals surface area contributed by atoms with E-state index in [-0.39, 0.29) is 24.1 Å². The maximum absolute atomic E-state index is 13.0. The van der Waals surface area contributed by atoms with Crippen molar-refractivity contribution in [1.82, 2.24) is 4.31 Å². The van der Waals surface area contributed by atoms with Crippen LogP contribution in [0.3, 0.4) is 0 Å². The van der Waals surface area contributed by atoms with Crippen LogP contribution in [0.2, 0.25) is 0 Å². The second-order valence-corrected chi connectivity index (χ2v) is 9.34. The normalized spacial score (nSPS) is 17.5. The molecule has 0 atom stereocenters. The zero-order valence-electron chi connectivity index (χ0n) is 16.0. The Morgan fingerprint density at radius 2 is 1.66 bits per heavy atom. The molecule has 29 heavy (non-hydrogen) atoms. The van der Waals surface area contributed by atoms with E-state index in [1.165, 1.54) is 4.90 Å². The maximum atomic E-state index is 13.0. The number of rotatable bonds is 4. The number of nitrogens with one attached hydrogen (secondary N) is 1. The van der Waals surface area contributed by atoms with Crippen molar-refractivity contribution in [3.05, 3.63) is 59.7 Å². The average Bonchev–Trinajstić information content (AvgIpc) is 2.73. The second kappa shape index (κ2) is 7.96. The number of nitrogens with zero attached hydrogens (tertiary/aromatic N) is 2. The minimum atomic E-state index is -3.35. The molecule has 152 valence electrons. The fourth-order valence-corrected chi connectivity index (χ4v) is 5.37. The lowest BCUT2D eigenvalue weighted by atomic mass is 10.1. The molecule has 4 rings (SSSR count). The van der Waals surface area contributed by atoms with Gasteiger partial charge in [0, 0.05) is 18.7 Å². The van der Waals surface area contributed by atoms with Crippen molar-refractivity contribution in [3.63, 3.8) is 0 Å². The third-order valence-corrected chi connectivity index (χ3v) is 7.12. The first-order valence-corrected chi connectivity index (χ1v) is 11.3. The van der Waals surface area contributed by atoms with Crippen molar-refractivity contribution in [2.24, 2.45) is 0 Å². The van der Waals surface area contributed by atoms with Gasteiger partial charge in [-0.25, -0.2) is 12.7 Å². The fraction of sp³-hybridized carbons (Fsp3) is 0.333. The van der Waals surface area contributed by atoms with Crippen LogP contribution in [-0.2, 0) is 20.6 Å². The lowest BCUT2D eigenvalue weighted by molar-refractivity contribution is -0.115. The van der Waals surface area contributed by atoms with Gasteiger partial charge in [-0.15, -0.1) is 0 Å². The predicted molar refractivity (Wildman–Crippen MR) is 111 cm³/mol. The third kappa shape index (κ3) is 4.18. The number of benzene rings is 2. The van der Waals surface area contributed by atoms with Crippen LogP contribution in [0.5, 0.6) is 0 Å². The van der Waals surface area contributed by atoms with Gasteiger partial charge in [0.1, 0.15) is 6.54 Å². The number of piperidine rings is 1. The quantitative estimate of drug-likeness (QED) is 0.835. The Hall–Kier alpha value is -2.71. The number of hydrogen-bond donors (Lipinski definition) is 1. The number of carbonyl (C=O) groups excluding carboxylic acids is 2. The van der Waals surface area contributed by atoms with E-state index < -0.39 is 10.0 Å². The van der Waals surface area contributed by atoms with E-state index in [9.17, 15) is 18.0 Å². The summed E-state index contributed by atoms with van der Waals surface area (Å²) in [5.41, 5.74) is 2.30. The van der Waals surface area contributed by atoms with Crippen LogP contribution >= 0.6 is 0 Å². The molecule has 2 aromatic rings. The molecule has 0 aliphatic carbocycles. The van der Waals surface area contributed by atoms with Crippen molar-refractivity contribution in [2.75, 3.05) is 29.9 Å². The predicted octanol–water partition coefficient (Wildman–Crippen LogP) is 2.60. The van der Waals surface area contributed by atoms with Crippen LogP contribution in [0.15, 0.2) is 48.5 Å². The molecule has 7 nitrogen and oxygen atoms in total. The standard InChI is InChI=1S/C21H23N3O4S/c25-20-14-24(19-7-3-2-6-18(19)22-20)21(26)17-10-8-16(9-11-17)15-29(27,28)23-12-4-1-5-13-23/h2-3,6-11H,1,4-5,12-15H2,(H,22,25). The number of fused-ring (bicyclic) bond motifs is 1. The summed E-state index contributed by atoms with van der Waals surface area (Å²) in [6.07, 6.45) is 2.87. The van der Waals surface area contributed by atoms with E-state index in [1.54, 1.807) is 46.8 Å². The lowest BCUT2D eigenvalue weighted by Crippen LogP contribution is -2.42. The molecule has 0 aromatic heterocycles. The van der Waals surface area contributed by atoms with Crippen LogP contribution in [0.4, 0.5) is 11.4 Å². The summed E-state index contributed by atoms with van der Waals surface area (Å²) in [6.45, 7) is 1.10. The summed E-state index contributed by atoms with van der Waals surface area (Å²) in [6, 6.07) is 13.7. The number of sulfonamides is 1. The van der Waals surface area contributed by atoms with Crippen LogP contribution in [0.25, 0.3) is 0 Å². The topological polar surface area (TPSA) is 86.8 Å². The lowest BCUT2D eigenvalue weighted by Gasteiger charge is -2.29.